The third-order valence-electron chi connectivity index (χ3n) is 6.23. The minimum absolute atomic E-state index is 0.334. The van der Waals surface area contributed by atoms with Crippen molar-refractivity contribution < 1.29 is 4.79 Å². The molecule has 1 amide bonds. The average molecular weight is 562 g/mol. The van der Waals surface area contributed by atoms with Gasteiger partial charge in [0.2, 0.25) is 5.91 Å². The quantitative estimate of drug-likeness (QED) is 0.262. The number of nitrogens with one attached hydrogen (secondary N) is 2. The summed E-state index contributed by atoms with van der Waals surface area (Å²) in [6.45, 7) is 3.99. The van der Waals surface area contributed by atoms with E-state index >= 15 is 0 Å². The largest absolute Gasteiger partial charge is 0.342 e. The molecule has 0 fully saturated rings. The summed E-state index contributed by atoms with van der Waals surface area (Å²) in [6, 6.07) is 14.6. The molecule has 0 spiro atoms. The number of hydrogen-bond acceptors (Lipinski definition) is 6. The van der Waals surface area contributed by atoms with Gasteiger partial charge in [-0.05, 0) is 54.6 Å². The number of aromatic nitrogens is 8. The SMILES string of the molecule is Cc1ccc(-c2nc([C@H](Cc3cc(C)n(C)n3)NC(=O)/C=C/c3cc(Cl)ccc3-n3cnnn3)[nH]c2Cl)cc1. The lowest BCUT2D eigenvalue weighted by atomic mass is 10.1. The third kappa shape index (κ3) is 6.08. The van der Waals surface area contributed by atoms with Crippen LogP contribution in [-0.4, -0.2) is 45.9 Å². The molecule has 12 heteroatoms. The Morgan fingerprint density at radius 1 is 1.13 bits per heavy atom. The molecule has 0 bridgehead atoms. The maximum Gasteiger partial charge on any atom is 0.244 e. The summed E-state index contributed by atoms with van der Waals surface area (Å²) < 4.78 is 3.29. The number of aryl methyl sites for hydroxylation is 3. The topological polar surface area (TPSA) is 119 Å². The second-order valence-electron chi connectivity index (χ2n) is 9.11. The van der Waals surface area contributed by atoms with E-state index in [1.165, 1.54) is 17.1 Å². The van der Waals surface area contributed by atoms with Crippen LogP contribution in [-0.2, 0) is 18.3 Å². The van der Waals surface area contributed by atoms with Crippen LogP contribution in [0.15, 0.2) is 60.9 Å². The number of amides is 1. The number of carbonyl (C=O) groups excluding carboxylic acids is 1. The number of H-pyrrole nitrogens is 1. The van der Waals surface area contributed by atoms with Crippen molar-refractivity contribution in [3.63, 3.8) is 0 Å². The number of halogens is 2. The van der Waals surface area contributed by atoms with Gasteiger partial charge < -0.3 is 10.3 Å². The number of imidazole rings is 1. The molecular formula is C27H25Cl2N9O. The van der Waals surface area contributed by atoms with Gasteiger partial charge in [-0.15, -0.1) is 5.10 Å². The minimum atomic E-state index is -0.522. The van der Waals surface area contributed by atoms with Crippen LogP contribution in [0.4, 0.5) is 0 Å². The lowest BCUT2D eigenvalue weighted by molar-refractivity contribution is -0.117. The van der Waals surface area contributed by atoms with Gasteiger partial charge in [-0.1, -0.05) is 53.0 Å². The van der Waals surface area contributed by atoms with Gasteiger partial charge >= 0.3 is 0 Å². The molecule has 0 unspecified atom stereocenters. The molecule has 5 rings (SSSR count). The van der Waals surface area contributed by atoms with E-state index in [4.69, 9.17) is 28.2 Å². The molecule has 0 radical (unpaired) electrons. The lowest BCUT2D eigenvalue weighted by Crippen LogP contribution is -2.29. The zero-order valence-electron chi connectivity index (χ0n) is 21.4. The van der Waals surface area contributed by atoms with Crippen LogP contribution >= 0.6 is 23.2 Å². The standard InChI is InChI=1S/C27H25Cl2N9O/c1-16-4-6-18(7-5-16)25-26(29)33-27(32-25)22(14-21-12-17(2)37(3)34-21)31-24(39)11-8-19-13-20(28)9-10-23(19)38-15-30-35-36-38/h4-13,15,22H,14H2,1-3H3,(H,31,39)(H,32,33)/b11-8+/t22-/m0/s1. The van der Waals surface area contributed by atoms with Crippen molar-refractivity contribution in [2.24, 2.45) is 7.05 Å². The van der Waals surface area contributed by atoms with Gasteiger partial charge in [-0.3, -0.25) is 9.48 Å². The van der Waals surface area contributed by atoms with Crippen molar-refractivity contribution in [2.45, 2.75) is 26.3 Å². The molecule has 3 heterocycles. The molecule has 5 aromatic rings. The number of rotatable bonds is 8. The van der Waals surface area contributed by atoms with E-state index in [-0.39, 0.29) is 5.91 Å². The highest BCUT2D eigenvalue weighted by Crippen LogP contribution is 2.29. The van der Waals surface area contributed by atoms with Crippen LogP contribution in [0.5, 0.6) is 0 Å². The molecule has 0 aliphatic carbocycles. The number of tetrazole rings is 1. The molecule has 0 saturated heterocycles. The van der Waals surface area contributed by atoms with E-state index in [1.807, 2.05) is 51.2 Å². The van der Waals surface area contributed by atoms with Crippen molar-refractivity contribution in [1.29, 1.82) is 0 Å². The zero-order valence-corrected chi connectivity index (χ0v) is 22.9. The highest BCUT2D eigenvalue weighted by molar-refractivity contribution is 6.32. The van der Waals surface area contributed by atoms with Crippen LogP contribution in [0.3, 0.4) is 0 Å². The Morgan fingerprint density at radius 3 is 2.62 bits per heavy atom. The first-order chi connectivity index (χ1) is 18.8. The Balaban J connectivity index is 1.43. The van der Waals surface area contributed by atoms with Gasteiger partial charge in [0.05, 0.1) is 17.4 Å². The fraction of sp³-hybridized carbons (Fsp3) is 0.185. The minimum Gasteiger partial charge on any atom is -0.342 e. The van der Waals surface area contributed by atoms with Crippen LogP contribution in [0.25, 0.3) is 23.0 Å². The van der Waals surface area contributed by atoms with Gasteiger partial charge in [0, 0.05) is 41.4 Å². The molecule has 2 N–H and O–H groups in total. The Kier molecular flexibility index (Phi) is 7.58. The highest BCUT2D eigenvalue weighted by Gasteiger charge is 2.22. The van der Waals surface area contributed by atoms with Crippen LogP contribution < -0.4 is 5.32 Å². The Bertz CT molecular complexity index is 1620. The molecule has 39 heavy (non-hydrogen) atoms. The normalized spacial score (nSPS) is 12.2. The van der Waals surface area contributed by atoms with Gasteiger partial charge in [-0.25, -0.2) is 4.98 Å². The maximum absolute atomic E-state index is 13.2. The number of carbonyl (C=O) groups is 1. The van der Waals surface area contributed by atoms with Crippen LogP contribution in [0, 0.1) is 13.8 Å². The summed E-state index contributed by atoms with van der Waals surface area (Å²) in [5, 5.41) is 19.8. The van der Waals surface area contributed by atoms with Gasteiger partial charge in [0.1, 0.15) is 23.0 Å². The lowest BCUT2D eigenvalue weighted by Gasteiger charge is -2.15. The fourth-order valence-corrected chi connectivity index (χ4v) is 4.55. The molecule has 3 aromatic heterocycles. The van der Waals surface area contributed by atoms with E-state index in [1.54, 1.807) is 29.0 Å². The predicted octanol–water partition coefficient (Wildman–Crippen LogP) is 4.82. The summed E-state index contributed by atoms with van der Waals surface area (Å²) in [6.07, 6.45) is 4.97. The Labute approximate surface area is 234 Å². The predicted molar refractivity (Wildman–Crippen MR) is 150 cm³/mol. The van der Waals surface area contributed by atoms with Gasteiger partial charge in [0.25, 0.3) is 0 Å². The molecule has 0 aliphatic heterocycles. The summed E-state index contributed by atoms with van der Waals surface area (Å²) in [5.41, 5.74) is 5.79. The molecule has 0 aliphatic rings. The molecular weight excluding hydrogens is 537 g/mol. The summed E-state index contributed by atoms with van der Waals surface area (Å²) in [5.74, 6) is 0.192. The molecule has 198 valence electrons. The molecule has 1 atom stereocenters. The first kappa shape index (κ1) is 26.3. The molecule has 0 saturated carbocycles. The van der Waals surface area contributed by atoms with E-state index in [9.17, 15) is 4.79 Å². The van der Waals surface area contributed by atoms with Crippen molar-refractivity contribution in [3.8, 4) is 16.9 Å². The zero-order chi connectivity index (χ0) is 27.5. The smallest absolute Gasteiger partial charge is 0.244 e. The summed E-state index contributed by atoms with van der Waals surface area (Å²) >= 11 is 12.8. The number of hydrogen-bond donors (Lipinski definition) is 2. The van der Waals surface area contributed by atoms with E-state index in [0.29, 0.717) is 39.4 Å². The first-order valence-corrected chi connectivity index (χ1v) is 12.9. The summed E-state index contributed by atoms with van der Waals surface area (Å²) in [4.78, 5) is 21.1. The van der Waals surface area contributed by atoms with E-state index < -0.39 is 6.04 Å². The fourth-order valence-electron chi connectivity index (χ4n) is 4.12. The summed E-state index contributed by atoms with van der Waals surface area (Å²) in [7, 11) is 1.88. The van der Waals surface area contributed by atoms with Crippen LogP contribution in [0.2, 0.25) is 10.2 Å². The average Bonchev–Trinajstić information content (AvgIpc) is 3.64. The Hall–Kier alpha value is -4.28. The number of nitrogens with zero attached hydrogens (tertiary/aromatic N) is 7. The van der Waals surface area contributed by atoms with Crippen molar-refractivity contribution >= 4 is 35.2 Å². The Morgan fingerprint density at radius 2 is 1.92 bits per heavy atom. The second kappa shape index (κ2) is 11.2. The van der Waals surface area contributed by atoms with E-state index in [2.05, 4.69) is 30.9 Å². The van der Waals surface area contributed by atoms with Gasteiger partial charge in [0.15, 0.2) is 0 Å². The van der Waals surface area contributed by atoms with Crippen molar-refractivity contribution in [2.75, 3.05) is 0 Å². The maximum atomic E-state index is 13.2. The van der Waals surface area contributed by atoms with E-state index in [0.717, 1.165) is 22.5 Å². The number of benzene rings is 2. The first-order valence-electron chi connectivity index (χ1n) is 12.1. The van der Waals surface area contributed by atoms with Gasteiger partial charge in [-0.2, -0.15) is 9.78 Å². The number of aromatic amines is 1. The van der Waals surface area contributed by atoms with Crippen LogP contribution in [0.1, 0.15) is 34.4 Å². The third-order valence-corrected chi connectivity index (χ3v) is 6.74. The second-order valence-corrected chi connectivity index (χ2v) is 9.92. The molecule has 10 nitrogen and oxygen atoms in total. The molecule has 2 aromatic carbocycles. The monoisotopic (exact) mass is 561 g/mol. The van der Waals surface area contributed by atoms with Crippen molar-refractivity contribution in [3.05, 3.63) is 99.4 Å². The van der Waals surface area contributed by atoms with Crippen molar-refractivity contribution in [1.82, 2.24) is 45.3 Å². The highest BCUT2D eigenvalue weighted by atomic mass is 35.5.